The van der Waals surface area contributed by atoms with Crippen LogP contribution in [0.25, 0.3) is 0 Å². The average molecular weight is 482 g/mol. The van der Waals surface area contributed by atoms with Gasteiger partial charge in [0, 0.05) is 27.8 Å². The van der Waals surface area contributed by atoms with Crippen LogP contribution in [0.3, 0.4) is 0 Å². The molecule has 0 bridgehead atoms. The van der Waals surface area contributed by atoms with Crippen molar-refractivity contribution < 1.29 is 19.2 Å². The Morgan fingerprint density at radius 2 is 1.37 bits per heavy atom. The van der Waals surface area contributed by atoms with Crippen molar-refractivity contribution in [3.8, 4) is 5.75 Å². The van der Waals surface area contributed by atoms with Crippen LogP contribution >= 0.6 is 11.8 Å². The molecule has 0 aromatic heterocycles. The van der Waals surface area contributed by atoms with Gasteiger partial charge in [0.15, 0.2) is 5.78 Å². The number of ether oxygens (including phenoxy) is 1. The molecule has 4 aromatic rings. The zero-order chi connectivity index (χ0) is 24.5. The SMILES string of the molecule is CC(=O)O/N=C/c1ccc(OCc2ccc(C(=O)c3ccc(Sc4ccccc4)cc3)cc2)cc1. The summed E-state index contributed by atoms with van der Waals surface area (Å²) in [6.45, 7) is 1.67. The first-order valence-electron chi connectivity index (χ1n) is 11.0. The predicted molar refractivity (Wildman–Crippen MR) is 137 cm³/mol. The van der Waals surface area contributed by atoms with Gasteiger partial charge in [-0.25, -0.2) is 4.79 Å². The lowest BCUT2D eigenvalue weighted by molar-refractivity contribution is -0.140. The maximum atomic E-state index is 12.9. The van der Waals surface area contributed by atoms with Gasteiger partial charge in [-0.05, 0) is 71.8 Å². The molecule has 0 unspecified atom stereocenters. The number of nitrogens with zero attached hydrogens (tertiary/aromatic N) is 1. The first-order valence-corrected chi connectivity index (χ1v) is 11.8. The van der Waals surface area contributed by atoms with Gasteiger partial charge in [0.1, 0.15) is 12.4 Å². The lowest BCUT2D eigenvalue weighted by Gasteiger charge is -2.08. The van der Waals surface area contributed by atoms with Crippen molar-refractivity contribution in [2.45, 2.75) is 23.3 Å². The molecule has 0 radical (unpaired) electrons. The van der Waals surface area contributed by atoms with Gasteiger partial charge in [-0.15, -0.1) is 0 Å². The van der Waals surface area contributed by atoms with Crippen LogP contribution < -0.4 is 4.74 Å². The predicted octanol–water partition coefficient (Wildman–Crippen LogP) is 6.54. The molecule has 0 aliphatic rings. The van der Waals surface area contributed by atoms with Crippen LogP contribution in [0.1, 0.15) is 34.0 Å². The molecule has 4 aromatic carbocycles. The molecule has 0 fully saturated rings. The largest absolute Gasteiger partial charge is 0.489 e. The molecule has 5 nitrogen and oxygen atoms in total. The summed E-state index contributed by atoms with van der Waals surface area (Å²) in [4.78, 5) is 30.4. The number of rotatable bonds is 9. The fraction of sp³-hybridized carbons (Fsp3) is 0.0690. The molecule has 0 heterocycles. The summed E-state index contributed by atoms with van der Waals surface area (Å²) >= 11 is 1.67. The average Bonchev–Trinajstić information content (AvgIpc) is 2.89. The van der Waals surface area contributed by atoms with E-state index in [2.05, 4.69) is 22.1 Å². The standard InChI is InChI=1S/C29H23NO4S/c1-21(31)34-30-19-22-9-15-26(16-10-22)33-20-23-7-11-24(12-8-23)29(32)25-13-17-28(18-14-25)35-27-5-3-2-4-6-27/h2-19H,20H2,1H3/b30-19+. The number of oxime groups is 1. The van der Waals surface area contributed by atoms with E-state index >= 15 is 0 Å². The molecule has 0 N–H and O–H groups in total. The minimum absolute atomic E-state index is 0.0141. The summed E-state index contributed by atoms with van der Waals surface area (Å²) in [7, 11) is 0. The van der Waals surface area contributed by atoms with E-state index in [1.54, 1.807) is 11.8 Å². The van der Waals surface area contributed by atoms with Gasteiger partial charge in [-0.3, -0.25) is 4.79 Å². The highest BCUT2D eigenvalue weighted by Crippen LogP contribution is 2.27. The third-order valence-corrected chi connectivity index (χ3v) is 6.00. The third kappa shape index (κ3) is 7.16. The molecule has 0 spiro atoms. The minimum Gasteiger partial charge on any atom is -0.489 e. The number of benzene rings is 4. The smallest absolute Gasteiger partial charge is 0.331 e. The zero-order valence-electron chi connectivity index (χ0n) is 19.1. The summed E-state index contributed by atoms with van der Waals surface area (Å²) in [5.41, 5.74) is 3.03. The highest BCUT2D eigenvalue weighted by Gasteiger charge is 2.09. The Kier molecular flexibility index (Phi) is 8.09. The molecule has 174 valence electrons. The molecule has 0 aliphatic heterocycles. The maximum Gasteiger partial charge on any atom is 0.331 e. The Balaban J connectivity index is 1.31. The van der Waals surface area contributed by atoms with Crippen LogP contribution in [0.4, 0.5) is 0 Å². The highest BCUT2D eigenvalue weighted by molar-refractivity contribution is 7.99. The van der Waals surface area contributed by atoms with E-state index in [0.717, 1.165) is 20.9 Å². The summed E-state index contributed by atoms with van der Waals surface area (Å²) in [6, 6.07) is 32.5. The first kappa shape index (κ1) is 24.0. The number of hydrogen-bond donors (Lipinski definition) is 0. The fourth-order valence-electron chi connectivity index (χ4n) is 3.20. The Labute approximate surface area is 208 Å². The van der Waals surface area contributed by atoms with Gasteiger partial charge in [0.05, 0.1) is 6.21 Å². The summed E-state index contributed by atoms with van der Waals surface area (Å²) in [5, 5.41) is 3.59. The van der Waals surface area contributed by atoms with E-state index in [4.69, 9.17) is 4.74 Å². The van der Waals surface area contributed by atoms with Crippen molar-refractivity contribution in [3.05, 3.63) is 125 Å². The number of carbonyl (C=O) groups excluding carboxylic acids is 2. The highest BCUT2D eigenvalue weighted by atomic mass is 32.2. The Hall–Kier alpha value is -4.16. The second-order valence-corrected chi connectivity index (χ2v) is 8.79. The summed E-state index contributed by atoms with van der Waals surface area (Å²) in [5.74, 6) is 0.216. The minimum atomic E-state index is -0.468. The van der Waals surface area contributed by atoms with Crippen LogP contribution in [0.5, 0.6) is 5.75 Å². The van der Waals surface area contributed by atoms with Crippen LogP contribution in [0.2, 0.25) is 0 Å². The van der Waals surface area contributed by atoms with Gasteiger partial charge >= 0.3 is 5.97 Å². The van der Waals surface area contributed by atoms with Crippen molar-refractivity contribution in [2.24, 2.45) is 5.16 Å². The van der Waals surface area contributed by atoms with Crippen molar-refractivity contribution in [2.75, 3.05) is 0 Å². The monoisotopic (exact) mass is 481 g/mol. The van der Waals surface area contributed by atoms with E-state index in [9.17, 15) is 9.59 Å². The van der Waals surface area contributed by atoms with Crippen LogP contribution in [-0.2, 0) is 16.2 Å². The van der Waals surface area contributed by atoms with E-state index < -0.39 is 5.97 Å². The Morgan fingerprint density at radius 1 is 0.771 bits per heavy atom. The second-order valence-electron chi connectivity index (χ2n) is 7.64. The quantitative estimate of drug-likeness (QED) is 0.117. The third-order valence-electron chi connectivity index (χ3n) is 4.98. The first-order chi connectivity index (χ1) is 17.1. The molecular weight excluding hydrogens is 458 g/mol. The van der Waals surface area contributed by atoms with E-state index in [0.29, 0.717) is 23.5 Å². The lowest BCUT2D eigenvalue weighted by atomic mass is 10.0. The van der Waals surface area contributed by atoms with Crippen molar-refractivity contribution in [1.82, 2.24) is 0 Å². The van der Waals surface area contributed by atoms with Gasteiger partial charge < -0.3 is 9.57 Å². The molecule has 0 amide bonds. The number of ketones is 1. The molecule has 6 heteroatoms. The molecule has 0 saturated carbocycles. The van der Waals surface area contributed by atoms with Gasteiger partial charge in [-0.2, -0.15) is 0 Å². The number of hydrogen-bond acceptors (Lipinski definition) is 6. The van der Waals surface area contributed by atoms with Gasteiger partial charge in [0.25, 0.3) is 0 Å². The van der Waals surface area contributed by atoms with Crippen molar-refractivity contribution >= 4 is 29.7 Å². The molecule has 0 saturated heterocycles. The Bertz CT molecular complexity index is 1300. The fourth-order valence-corrected chi connectivity index (χ4v) is 4.03. The van der Waals surface area contributed by atoms with Crippen molar-refractivity contribution in [3.63, 3.8) is 0 Å². The van der Waals surface area contributed by atoms with E-state index in [-0.39, 0.29) is 5.78 Å². The summed E-state index contributed by atoms with van der Waals surface area (Å²) < 4.78 is 5.82. The molecule has 4 rings (SSSR count). The molecular formula is C29H23NO4S. The second kappa shape index (κ2) is 11.8. The topological polar surface area (TPSA) is 65.0 Å². The van der Waals surface area contributed by atoms with E-state index in [1.165, 1.54) is 13.1 Å². The van der Waals surface area contributed by atoms with Crippen molar-refractivity contribution in [1.29, 1.82) is 0 Å². The summed E-state index contributed by atoms with van der Waals surface area (Å²) in [6.07, 6.45) is 1.45. The molecule has 0 aliphatic carbocycles. The zero-order valence-corrected chi connectivity index (χ0v) is 19.9. The van der Waals surface area contributed by atoms with Crippen LogP contribution in [-0.4, -0.2) is 18.0 Å². The van der Waals surface area contributed by atoms with Crippen LogP contribution in [0, 0.1) is 0 Å². The van der Waals surface area contributed by atoms with Crippen LogP contribution in [0.15, 0.2) is 118 Å². The normalized spacial score (nSPS) is 10.8. The lowest BCUT2D eigenvalue weighted by Crippen LogP contribution is -2.02. The van der Waals surface area contributed by atoms with Gasteiger partial charge in [0.2, 0.25) is 0 Å². The molecule has 0 atom stereocenters. The Morgan fingerprint density at radius 3 is 2.00 bits per heavy atom. The number of carbonyl (C=O) groups is 2. The maximum absolute atomic E-state index is 12.9. The van der Waals surface area contributed by atoms with Gasteiger partial charge in [-0.1, -0.05) is 59.4 Å². The molecule has 35 heavy (non-hydrogen) atoms. The van der Waals surface area contributed by atoms with E-state index in [1.807, 2.05) is 91.0 Å².